The number of carbonyl (C=O) groups excluding carboxylic acids is 2. The topological polar surface area (TPSA) is 73.9 Å². The number of hydrogen-bond donors (Lipinski definition) is 1. The lowest BCUT2D eigenvalue weighted by Gasteiger charge is -2.18. The molecule has 1 amide bonds. The number of benzene rings is 2. The highest BCUT2D eigenvalue weighted by atomic mass is 16.5. The second kappa shape index (κ2) is 12.6. The molecule has 0 radical (unpaired) electrons. The molecule has 0 spiro atoms. The first kappa shape index (κ1) is 22.4. The minimum absolute atomic E-state index is 0.200. The van der Waals surface area contributed by atoms with Crippen LogP contribution in [-0.4, -0.2) is 38.2 Å². The average Bonchev–Trinajstić information content (AvgIpc) is 2.74. The summed E-state index contributed by atoms with van der Waals surface area (Å²) in [6, 6.07) is 16.5. The fraction of sp³-hybridized carbons (Fsp3) is 0.391. The maximum absolute atomic E-state index is 12.3. The van der Waals surface area contributed by atoms with Crippen LogP contribution in [0.1, 0.15) is 30.9 Å². The third kappa shape index (κ3) is 8.35. The molecule has 29 heavy (non-hydrogen) atoms. The lowest BCUT2D eigenvalue weighted by Crippen LogP contribution is -2.43. The maximum Gasteiger partial charge on any atom is 0.328 e. The summed E-state index contributed by atoms with van der Waals surface area (Å²) in [5.41, 5.74) is 1.98. The van der Waals surface area contributed by atoms with Gasteiger partial charge in [-0.25, -0.2) is 4.79 Å². The minimum Gasteiger partial charge on any atom is -0.497 e. The number of carbonyl (C=O) groups is 2. The molecule has 6 heteroatoms. The molecular formula is C23H29NO5. The Morgan fingerprint density at radius 2 is 1.79 bits per heavy atom. The van der Waals surface area contributed by atoms with Gasteiger partial charge in [0.05, 0.1) is 20.3 Å². The predicted octanol–water partition coefficient (Wildman–Crippen LogP) is 3.28. The van der Waals surface area contributed by atoms with Crippen molar-refractivity contribution in [3.63, 3.8) is 0 Å². The number of hydrogen-bond acceptors (Lipinski definition) is 5. The fourth-order valence-corrected chi connectivity index (χ4v) is 2.84. The fourth-order valence-electron chi connectivity index (χ4n) is 2.84. The Hall–Kier alpha value is -2.86. The molecule has 156 valence electrons. The standard InChI is InChI=1S/C23H29NO5/c1-3-29-23(26)21(16-19-11-7-12-20(15-19)27-2)24-22(25)13-8-14-28-17-18-9-5-4-6-10-18/h4-7,9-12,15,21H,3,8,13-14,16-17H2,1-2H3,(H,24,25)/t21-/m0/s1. The first-order valence-corrected chi connectivity index (χ1v) is 9.83. The van der Waals surface area contributed by atoms with Crippen molar-refractivity contribution in [2.75, 3.05) is 20.3 Å². The van der Waals surface area contributed by atoms with E-state index in [4.69, 9.17) is 14.2 Å². The number of amides is 1. The Balaban J connectivity index is 1.80. The smallest absolute Gasteiger partial charge is 0.328 e. The van der Waals surface area contributed by atoms with Crippen LogP contribution >= 0.6 is 0 Å². The zero-order valence-electron chi connectivity index (χ0n) is 17.1. The van der Waals surface area contributed by atoms with Crippen LogP contribution in [0.2, 0.25) is 0 Å². The molecule has 1 atom stereocenters. The molecule has 2 rings (SSSR count). The number of methoxy groups -OCH3 is 1. The molecule has 0 aliphatic carbocycles. The normalized spacial score (nSPS) is 11.5. The van der Waals surface area contributed by atoms with Gasteiger partial charge in [-0.15, -0.1) is 0 Å². The maximum atomic E-state index is 12.3. The van der Waals surface area contributed by atoms with Crippen molar-refractivity contribution in [2.24, 2.45) is 0 Å². The molecule has 0 aromatic heterocycles. The van der Waals surface area contributed by atoms with Crippen molar-refractivity contribution in [2.45, 2.75) is 38.8 Å². The number of esters is 1. The van der Waals surface area contributed by atoms with Crippen molar-refractivity contribution >= 4 is 11.9 Å². The monoisotopic (exact) mass is 399 g/mol. The van der Waals surface area contributed by atoms with Crippen LogP contribution in [0.25, 0.3) is 0 Å². The van der Waals surface area contributed by atoms with Crippen LogP contribution in [0.5, 0.6) is 5.75 Å². The molecule has 0 aliphatic rings. The van der Waals surface area contributed by atoms with E-state index in [0.717, 1.165) is 11.1 Å². The van der Waals surface area contributed by atoms with Gasteiger partial charge in [0.2, 0.25) is 5.91 Å². The Labute approximate surface area is 172 Å². The summed E-state index contributed by atoms with van der Waals surface area (Å²) in [7, 11) is 1.59. The van der Waals surface area contributed by atoms with Crippen molar-refractivity contribution in [1.29, 1.82) is 0 Å². The van der Waals surface area contributed by atoms with Gasteiger partial charge in [-0.2, -0.15) is 0 Å². The van der Waals surface area contributed by atoms with Crippen LogP contribution in [0.15, 0.2) is 54.6 Å². The van der Waals surface area contributed by atoms with E-state index in [9.17, 15) is 9.59 Å². The highest BCUT2D eigenvalue weighted by Gasteiger charge is 2.22. The Morgan fingerprint density at radius 1 is 1.03 bits per heavy atom. The lowest BCUT2D eigenvalue weighted by molar-refractivity contribution is -0.147. The van der Waals surface area contributed by atoms with Gasteiger partial charge < -0.3 is 19.5 Å². The average molecular weight is 399 g/mol. The van der Waals surface area contributed by atoms with Crippen molar-refractivity contribution < 1.29 is 23.8 Å². The molecule has 0 saturated heterocycles. The van der Waals surface area contributed by atoms with Crippen molar-refractivity contribution in [3.8, 4) is 5.75 Å². The molecule has 0 fully saturated rings. The quantitative estimate of drug-likeness (QED) is 0.438. The third-order valence-electron chi connectivity index (χ3n) is 4.28. The molecule has 0 saturated carbocycles. The van der Waals surface area contributed by atoms with E-state index in [0.29, 0.717) is 31.8 Å². The van der Waals surface area contributed by atoms with E-state index in [1.807, 2.05) is 54.6 Å². The van der Waals surface area contributed by atoms with Gasteiger partial charge in [0.1, 0.15) is 11.8 Å². The molecular weight excluding hydrogens is 370 g/mol. The Bertz CT molecular complexity index is 763. The number of rotatable bonds is 12. The first-order valence-electron chi connectivity index (χ1n) is 9.83. The molecule has 0 unspecified atom stereocenters. The van der Waals surface area contributed by atoms with Crippen LogP contribution in [0, 0.1) is 0 Å². The highest BCUT2D eigenvalue weighted by Crippen LogP contribution is 2.14. The summed E-state index contributed by atoms with van der Waals surface area (Å²) < 4.78 is 15.9. The van der Waals surface area contributed by atoms with Gasteiger partial charge in [0.25, 0.3) is 0 Å². The minimum atomic E-state index is -0.736. The highest BCUT2D eigenvalue weighted by molar-refractivity contribution is 5.84. The third-order valence-corrected chi connectivity index (χ3v) is 4.28. The SMILES string of the molecule is CCOC(=O)[C@H](Cc1cccc(OC)c1)NC(=O)CCCOCc1ccccc1. The molecule has 2 aromatic carbocycles. The lowest BCUT2D eigenvalue weighted by atomic mass is 10.1. The first-order chi connectivity index (χ1) is 14.1. The molecule has 6 nitrogen and oxygen atoms in total. The number of ether oxygens (including phenoxy) is 3. The largest absolute Gasteiger partial charge is 0.497 e. The molecule has 0 bridgehead atoms. The number of nitrogens with one attached hydrogen (secondary N) is 1. The van der Waals surface area contributed by atoms with E-state index in [1.54, 1.807) is 14.0 Å². The molecule has 0 aliphatic heterocycles. The summed E-state index contributed by atoms with van der Waals surface area (Å²) in [4.78, 5) is 24.6. The van der Waals surface area contributed by atoms with Crippen LogP contribution in [0.4, 0.5) is 0 Å². The van der Waals surface area contributed by atoms with Crippen LogP contribution in [0.3, 0.4) is 0 Å². The second-order valence-electron chi connectivity index (χ2n) is 6.57. The molecule has 0 heterocycles. The van der Waals surface area contributed by atoms with Gasteiger partial charge in [-0.3, -0.25) is 4.79 Å². The Morgan fingerprint density at radius 3 is 2.52 bits per heavy atom. The van der Waals surface area contributed by atoms with E-state index in [1.165, 1.54) is 0 Å². The molecule has 2 aromatic rings. The van der Waals surface area contributed by atoms with Gasteiger partial charge in [0.15, 0.2) is 0 Å². The van der Waals surface area contributed by atoms with Crippen molar-refractivity contribution in [3.05, 3.63) is 65.7 Å². The van der Waals surface area contributed by atoms with E-state index in [2.05, 4.69) is 5.32 Å². The van der Waals surface area contributed by atoms with Crippen LogP contribution in [-0.2, 0) is 32.1 Å². The van der Waals surface area contributed by atoms with Gasteiger partial charge in [-0.05, 0) is 36.6 Å². The van der Waals surface area contributed by atoms with Crippen LogP contribution < -0.4 is 10.1 Å². The molecule has 1 N–H and O–H groups in total. The summed E-state index contributed by atoms with van der Waals surface area (Å²) in [5.74, 6) is 0.0604. The second-order valence-corrected chi connectivity index (χ2v) is 6.57. The van der Waals surface area contributed by atoms with E-state index in [-0.39, 0.29) is 18.9 Å². The predicted molar refractivity (Wildman–Crippen MR) is 111 cm³/mol. The summed E-state index contributed by atoms with van der Waals surface area (Å²) in [5, 5.41) is 2.79. The van der Waals surface area contributed by atoms with Gasteiger partial charge in [-0.1, -0.05) is 42.5 Å². The Kier molecular flexibility index (Phi) is 9.72. The van der Waals surface area contributed by atoms with Crippen molar-refractivity contribution in [1.82, 2.24) is 5.32 Å². The zero-order valence-corrected chi connectivity index (χ0v) is 17.1. The van der Waals surface area contributed by atoms with E-state index < -0.39 is 12.0 Å². The summed E-state index contributed by atoms with van der Waals surface area (Å²) >= 11 is 0. The summed E-state index contributed by atoms with van der Waals surface area (Å²) in [6.07, 6.45) is 1.20. The van der Waals surface area contributed by atoms with Gasteiger partial charge >= 0.3 is 5.97 Å². The summed E-state index contributed by atoms with van der Waals surface area (Å²) in [6.45, 7) is 3.00. The van der Waals surface area contributed by atoms with Gasteiger partial charge in [0, 0.05) is 19.4 Å². The van der Waals surface area contributed by atoms with E-state index >= 15 is 0 Å². The zero-order chi connectivity index (χ0) is 20.9.